The Kier molecular flexibility index (Phi) is 2.07. The molecule has 1 aromatic carbocycles. The van der Waals surface area contributed by atoms with E-state index in [1.165, 1.54) is 0 Å². The molecule has 0 unspecified atom stereocenters. The van der Waals surface area contributed by atoms with Gasteiger partial charge in [0, 0.05) is 23.7 Å². The van der Waals surface area contributed by atoms with Crippen LogP contribution in [0.2, 0.25) is 0 Å². The molecule has 14 heavy (non-hydrogen) atoms. The summed E-state index contributed by atoms with van der Waals surface area (Å²) >= 11 is 0. The second-order valence-corrected chi connectivity index (χ2v) is 2.97. The Labute approximate surface area is 82.0 Å². The fourth-order valence-electron chi connectivity index (χ4n) is 1.25. The highest BCUT2D eigenvalue weighted by Crippen LogP contribution is 2.18. The quantitative estimate of drug-likeness (QED) is 0.780. The van der Waals surface area contributed by atoms with Gasteiger partial charge >= 0.3 is 0 Å². The van der Waals surface area contributed by atoms with Crippen molar-refractivity contribution in [2.24, 2.45) is 0 Å². The summed E-state index contributed by atoms with van der Waals surface area (Å²) in [5.41, 5.74) is 1.67. The van der Waals surface area contributed by atoms with Crippen molar-refractivity contribution in [1.29, 1.82) is 0 Å². The molecule has 3 heteroatoms. The summed E-state index contributed by atoms with van der Waals surface area (Å²) in [7, 11) is 0. The summed E-state index contributed by atoms with van der Waals surface area (Å²) in [6.07, 6.45) is 5.17. The van der Waals surface area contributed by atoms with Crippen LogP contribution in [0, 0.1) is 0 Å². The van der Waals surface area contributed by atoms with Gasteiger partial charge in [-0.15, -0.1) is 0 Å². The third-order valence-corrected chi connectivity index (χ3v) is 2.00. The van der Waals surface area contributed by atoms with E-state index in [0.29, 0.717) is 0 Å². The Balaban J connectivity index is 2.37. The van der Waals surface area contributed by atoms with Crippen molar-refractivity contribution < 1.29 is 5.11 Å². The molecule has 0 saturated heterocycles. The highest BCUT2D eigenvalue weighted by Gasteiger charge is 2.00. The molecule has 70 valence electrons. The predicted molar refractivity (Wildman–Crippen MR) is 54.8 cm³/mol. The number of aromatic nitrogens is 2. The predicted octanol–water partition coefficient (Wildman–Crippen LogP) is 2.11. The van der Waals surface area contributed by atoms with E-state index in [9.17, 15) is 5.11 Å². The molecule has 0 aliphatic rings. The van der Waals surface area contributed by atoms with Crippen molar-refractivity contribution in [2.45, 2.75) is 0 Å². The van der Waals surface area contributed by atoms with Crippen LogP contribution in [-0.4, -0.2) is 14.7 Å². The molecule has 2 aromatic rings. The van der Waals surface area contributed by atoms with Gasteiger partial charge in [-0.1, -0.05) is 18.7 Å². The SMILES string of the molecule is C=C(c1cccc(O)c1)n1ccnc1. The summed E-state index contributed by atoms with van der Waals surface area (Å²) in [5.74, 6) is 0.240. The van der Waals surface area contributed by atoms with Crippen LogP contribution >= 0.6 is 0 Å². The maximum absolute atomic E-state index is 9.29. The molecule has 1 heterocycles. The molecule has 1 N–H and O–H groups in total. The van der Waals surface area contributed by atoms with E-state index in [1.807, 2.05) is 12.3 Å². The first-order valence-corrected chi connectivity index (χ1v) is 4.24. The minimum Gasteiger partial charge on any atom is -0.508 e. The van der Waals surface area contributed by atoms with Crippen LogP contribution in [0.25, 0.3) is 5.70 Å². The standard InChI is InChI=1S/C11H10N2O/c1-9(13-6-5-12-8-13)10-3-2-4-11(14)7-10/h2-8,14H,1H2. The minimum atomic E-state index is 0.240. The van der Waals surface area contributed by atoms with Crippen LogP contribution < -0.4 is 0 Å². The molecule has 2 rings (SSSR count). The van der Waals surface area contributed by atoms with E-state index < -0.39 is 0 Å². The lowest BCUT2D eigenvalue weighted by molar-refractivity contribution is 0.475. The van der Waals surface area contributed by atoms with Crippen molar-refractivity contribution in [3.05, 3.63) is 55.1 Å². The van der Waals surface area contributed by atoms with E-state index in [4.69, 9.17) is 0 Å². The third-order valence-electron chi connectivity index (χ3n) is 2.00. The zero-order valence-electron chi connectivity index (χ0n) is 7.59. The highest BCUT2D eigenvalue weighted by molar-refractivity contribution is 5.64. The Bertz CT molecular complexity index is 446. The first-order valence-electron chi connectivity index (χ1n) is 4.24. The van der Waals surface area contributed by atoms with Gasteiger partial charge in [0.25, 0.3) is 0 Å². The zero-order valence-corrected chi connectivity index (χ0v) is 7.59. The maximum Gasteiger partial charge on any atom is 0.116 e. The van der Waals surface area contributed by atoms with Crippen LogP contribution in [0.4, 0.5) is 0 Å². The van der Waals surface area contributed by atoms with E-state index in [0.717, 1.165) is 11.3 Å². The van der Waals surface area contributed by atoms with E-state index in [1.54, 1.807) is 35.3 Å². The monoisotopic (exact) mass is 186 g/mol. The van der Waals surface area contributed by atoms with Crippen molar-refractivity contribution in [3.8, 4) is 5.75 Å². The van der Waals surface area contributed by atoms with Crippen LogP contribution in [0.5, 0.6) is 5.75 Å². The Hall–Kier alpha value is -2.03. The number of imidazole rings is 1. The third kappa shape index (κ3) is 1.52. The molecule has 0 radical (unpaired) electrons. The average Bonchev–Trinajstić information content (AvgIpc) is 2.69. The fourth-order valence-corrected chi connectivity index (χ4v) is 1.25. The van der Waals surface area contributed by atoms with E-state index in [2.05, 4.69) is 11.6 Å². The van der Waals surface area contributed by atoms with Crippen molar-refractivity contribution >= 4 is 5.70 Å². The van der Waals surface area contributed by atoms with Crippen LogP contribution in [-0.2, 0) is 0 Å². The first-order chi connectivity index (χ1) is 6.77. The molecule has 3 nitrogen and oxygen atoms in total. The summed E-state index contributed by atoms with van der Waals surface area (Å²) in [6.45, 7) is 3.92. The molecule has 0 aliphatic heterocycles. The number of phenolic OH excluding ortho intramolecular Hbond substituents is 1. The Morgan fingerprint density at radius 1 is 1.43 bits per heavy atom. The van der Waals surface area contributed by atoms with Crippen LogP contribution in [0.3, 0.4) is 0 Å². The van der Waals surface area contributed by atoms with Gasteiger partial charge in [-0.25, -0.2) is 4.98 Å². The van der Waals surface area contributed by atoms with Crippen molar-refractivity contribution in [3.63, 3.8) is 0 Å². The number of benzene rings is 1. The summed E-state index contributed by atoms with van der Waals surface area (Å²) in [6, 6.07) is 6.97. The minimum absolute atomic E-state index is 0.240. The summed E-state index contributed by atoms with van der Waals surface area (Å²) < 4.78 is 1.80. The molecule has 0 atom stereocenters. The van der Waals surface area contributed by atoms with Gasteiger partial charge in [-0.2, -0.15) is 0 Å². The van der Waals surface area contributed by atoms with Crippen molar-refractivity contribution in [2.75, 3.05) is 0 Å². The molecular weight excluding hydrogens is 176 g/mol. The largest absolute Gasteiger partial charge is 0.508 e. The topological polar surface area (TPSA) is 38.0 Å². The second-order valence-electron chi connectivity index (χ2n) is 2.97. The molecule has 0 fully saturated rings. The Morgan fingerprint density at radius 3 is 2.93 bits per heavy atom. The smallest absolute Gasteiger partial charge is 0.116 e. The second kappa shape index (κ2) is 3.38. The number of hydrogen-bond donors (Lipinski definition) is 1. The van der Waals surface area contributed by atoms with Gasteiger partial charge in [0.05, 0.1) is 6.33 Å². The lowest BCUT2D eigenvalue weighted by Crippen LogP contribution is -1.93. The average molecular weight is 186 g/mol. The van der Waals surface area contributed by atoms with E-state index in [-0.39, 0.29) is 5.75 Å². The maximum atomic E-state index is 9.29. The molecule has 0 bridgehead atoms. The summed E-state index contributed by atoms with van der Waals surface area (Å²) in [4.78, 5) is 3.93. The highest BCUT2D eigenvalue weighted by atomic mass is 16.3. The Morgan fingerprint density at radius 2 is 2.29 bits per heavy atom. The number of aromatic hydroxyl groups is 1. The van der Waals surface area contributed by atoms with Gasteiger partial charge in [0.1, 0.15) is 5.75 Å². The molecule has 0 saturated carbocycles. The fraction of sp³-hybridized carbons (Fsp3) is 0. The molecule has 0 spiro atoms. The lowest BCUT2D eigenvalue weighted by Gasteiger charge is -2.06. The van der Waals surface area contributed by atoms with Crippen molar-refractivity contribution in [1.82, 2.24) is 9.55 Å². The molecule has 0 amide bonds. The number of phenols is 1. The summed E-state index contributed by atoms with van der Waals surface area (Å²) in [5, 5.41) is 9.29. The van der Waals surface area contributed by atoms with Gasteiger partial charge in [0.15, 0.2) is 0 Å². The number of rotatable bonds is 2. The van der Waals surface area contributed by atoms with Gasteiger partial charge in [-0.05, 0) is 12.1 Å². The number of nitrogens with zero attached hydrogens (tertiary/aromatic N) is 2. The molecule has 0 aliphatic carbocycles. The molecular formula is C11H10N2O. The lowest BCUT2D eigenvalue weighted by atomic mass is 10.1. The van der Waals surface area contributed by atoms with Gasteiger partial charge < -0.3 is 9.67 Å². The normalized spacial score (nSPS) is 10.0. The first kappa shape index (κ1) is 8.56. The molecule has 1 aromatic heterocycles. The number of hydrogen-bond acceptors (Lipinski definition) is 2. The van der Waals surface area contributed by atoms with E-state index >= 15 is 0 Å². The zero-order chi connectivity index (χ0) is 9.97. The van der Waals surface area contributed by atoms with Gasteiger partial charge in [0.2, 0.25) is 0 Å². The van der Waals surface area contributed by atoms with Gasteiger partial charge in [-0.3, -0.25) is 0 Å². The van der Waals surface area contributed by atoms with Crippen LogP contribution in [0.1, 0.15) is 5.56 Å². The van der Waals surface area contributed by atoms with Crippen LogP contribution in [0.15, 0.2) is 49.6 Å².